The Morgan fingerprint density at radius 2 is 1.59 bits per heavy atom. The lowest BCUT2D eigenvalue weighted by Gasteiger charge is -2.13. The number of rotatable bonds is 7. The SMILES string of the molecule is COc1ccc(CNc2nc3nonc3nc2Nc2ccc(F)cc2)cc1OC. The van der Waals surface area contributed by atoms with Crippen LogP contribution in [0.4, 0.5) is 21.7 Å². The standard InChI is InChI=1S/C19H17FN6O3/c1-27-14-8-3-11(9-15(14)28-2)10-21-16-17(22-13-6-4-12(20)5-7-13)24-19-18(23-16)25-29-26-19/h3-9H,10H2,1-2H3,(H,21,23,25)(H,22,24,26). The topological polar surface area (TPSA) is 107 Å². The Morgan fingerprint density at radius 3 is 2.28 bits per heavy atom. The van der Waals surface area contributed by atoms with Crippen molar-refractivity contribution in [1.29, 1.82) is 0 Å². The molecule has 0 aliphatic rings. The maximum Gasteiger partial charge on any atom is 0.245 e. The van der Waals surface area contributed by atoms with Crippen molar-refractivity contribution in [2.75, 3.05) is 24.9 Å². The highest BCUT2D eigenvalue weighted by Crippen LogP contribution is 2.29. The number of ether oxygens (including phenoxy) is 2. The minimum absolute atomic E-state index is 0.256. The Labute approximate surface area is 164 Å². The molecule has 0 saturated heterocycles. The summed E-state index contributed by atoms with van der Waals surface area (Å²) in [6.07, 6.45) is 0. The highest BCUT2D eigenvalue weighted by Gasteiger charge is 2.14. The lowest BCUT2D eigenvalue weighted by Crippen LogP contribution is -2.07. The number of halogens is 1. The van der Waals surface area contributed by atoms with Gasteiger partial charge in [-0.05, 0) is 52.3 Å². The summed E-state index contributed by atoms with van der Waals surface area (Å²) in [5, 5.41) is 13.8. The van der Waals surface area contributed by atoms with Crippen molar-refractivity contribution in [3.8, 4) is 11.5 Å². The van der Waals surface area contributed by atoms with Crippen LogP contribution in [-0.2, 0) is 6.54 Å². The molecule has 0 radical (unpaired) electrons. The minimum Gasteiger partial charge on any atom is -0.493 e. The second-order valence-electron chi connectivity index (χ2n) is 6.01. The molecule has 0 atom stereocenters. The van der Waals surface area contributed by atoms with E-state index in [1.54, 1.807) is 26.4 Å². The number of nitrogens with zero attached hydrogens (tertiary/aromatic N) is 4. The van der Waals surface area contributed by atoms with Gasteiger partial charge in [0, 0.05) is 12.2 Å². The Balaban J connectivity index is 1.61. The zero-order chi connectivity index (χ0) is 20.2. The number of aromatic nitrogens is 4. The molecule has 4 aromatic rings. The molecule has 9 nitrogen and oxygen atoms in total. The van der Waals surface area contributed by atoms with E-state index in [1.165, 1.54) is 12.1 Å². The predicted molar refractivity (Wildman–Crippen MR) is 104 cm³/mol. The quantitative estimate of drug-likeness (QED) is 0.485. The van der Waals surface area contributed by atoms with Gasteiger partial charge in [-0.3, -0.25) is 0 Å². The van der Waals surface area contributed by atoms with E-state index in [1.807, 2.05) is 18.2 Å². The maximum absolute atomic E-state index is 13.2. The van der Waals surface area contributed by atoms with Crippen molar-refractivity contribution in [3.63, 3.8) is 0 Å². The summed E-state index contributed by atoms with van der Waals surface area (Å²) in [5.41, 5.74) is 2.11. The normalized spacial score (nSPS) is 10.7. The van der Waals surface area contributed by atoms with Crippen LogP contribution in [-0.4, -0.2) is 34.5 Å². The molecule has 2 heterocycles. The summed E-state index contributed by atoms with van der Waals surface area (Å²) in [6, 6.07) is 11.5. The molecular weight excluding hydrogens is 379 g/mol. The van der Waals surface area contributed by atoms with E-state index < -0.39 is 0 Å². The summed E-state index contributed by atoms with van der Waals surface area (Å²) < 4.78 is 28.5. The van der Waals surface area contributed by atoms with Gasteiger partial charge in [0.25, 0.3) is 0 Å². The van der Waals surface area contributed by atoms with Crippen molar-refractivity contribution < 1.29 is 18.5 Å². The molecule has 148 valence electrons. The molecule has 0 aliphatic carbocycles. The van der Waals surface area contributed by atoms with Gasteiger partial charge in [-0.15, -0.1) is 0 Å². The third-order valence-electron chi connectivity index (χ3n) is 4.13. The first-order valence-electron chi connectivity index (χ1n) is 8.64. The number of fused-ring (bicyclic) bond motifs is 1. The zero-order valence-corrected chi connectivity index (χ0v) is 15.6. The summed E-state index contributed by atoms with van der Waals surface area (Å²) in [6.45, 7) is 0.434. The van der Waals surface area contributed by atoms with Crippen LogP contribution < -0.4 is 20.1 Å². The number of anilines is 3. The average Bonchev–Trinajstić information content (AvgIpc) is 3.20. The van der Waals surface area contributed by atoms with Crippen LogP contribution in [0.15, 0.2) is 47.1 Å². The summed E-state index contributed by atoms with van der Waals surface area (Å²) in [4.78, 5) is 8.79. The van der Waals surface area contributed by atoms with Gasteiger partial charge < -0.3 is 20.1 Å². The smallest absolute Gasteiger partial charge is 0.245 e. The molecule has 2 aromatic heterocycles. The molecule has 0 bridgehead atoms. The number of hydrogen-bond donors (Lipinski definition) is 2. The fourth-order valence-electron chi connectivity index (χ4n) is 2.69. The van der Waals surface area contributed by atoms with Crippen LogP contribution in [0.25, 0.3) is 11.3 Å². The molecule has 0 saturated carbocycles. The van der Waals surface area contributed by atoms with Crippen LogP contribution in [0, 0.1) is 5.82 Å². The molecule has 0 amide bonds. The largest absolute Gasteiger partial charge is 0.493 e. The third-order valence-corrected chi connectivity index (χ3v) is 4.13. The van der Waals surface area contributed by atoms with Crippen molar-refractivity contribution in [2.45, 2.75) is 6.54 Å². The Kier molecular flexibility index (Phi) is 5.06. The van der Waals surface area contributed by atoms with Crippen LogP contribution in [0.5, 0.6) is 11.5 Å². The molecule has 2 aromatic carbocycles. The zero-order valence-electron chi connectivity index (χ0n) is 15.6. The van der Waals surface area contributed by atoms with E-state index in [0.717, 1.165) is 5.56 Å². The summed E-state index contributed by atoms with van der Waals surface area (Å²) in [7, 11) is 3.16. The molecule has 0 spiro atoms. The number of hydrogen-bond acceptors (Lipinski definition) is 9. The lowest BCUT2D eigenvalue weighted by atomic mass is 10.2. The highest BCUT2D eigenvalue weighted by molar-refractivity contribution is 5.76. The minimum atomic E-state index is -0.329. The van der Waals surface area contributed by atoms with Gasteiger partial charge in [0.2, 0.25) is 11.3 Å². The monoisotopic (exact) mass is 396 g/mol. The molecule has 0 unspecified atom stereocenters. The maximum atomic E-state index is 13.2. The van der Waals surface area contributed by atoms with Crippen molar-refractivity contribution >= 4 is 28.6 Å². The molecule has 10 heteroatoms. The van der Waals surface area contributed by atoms with E-state index in [0.29, 0.717) is 35.4 Å². The fraction of sp³-hybridized carbons (Fsp3) is 0.158. The molecule has 0 fully saturated rings. The number of nitrogens with one attached hydrogen (secondary N) is 2. The number of benzene rings is 2. The molecule has 2 N–H and O–H groups in total. The second kappa shape index (κ2) is 7.97. The first-order valence-corrected chi connectivity index (χ1v) is 8.64. The first-order chi connectivity index (χ1) is 14.2. The molecular formula is C19H17FN6O3. The van der Waals surface area contributed by atoms with E-state index in [4.69, 9.17) is 14.1 Å². The summed E-state index contributed by atoms with van der Waals surface area (Å²) in [5.74, 6) is 1.78. The van der Waals surface area contributed by atoms with Crippen LogP contribution in [0.2, 0.25) is 0 Å². The highest BCUT2D eigenvalue weighted by atomic mass is 19.1. The molecule has 29 heavy (non-hydrogen) atoms. The van der Waals surface area contributed by atoms with Crippen molar-refractivity contribution in [1.82, 2.24) is 20.3 Å². The van der Waals surface area contributed by atoms with Gasteiger partial charge in [0.05, 0.1) is 14.2 Å². The van der Waals surface area contributed by atoms with Gasteiger partial charge in [-0.25, -0.2) is 19.0 Å². The first kappa shape index (κ1) is 18.4. The third kappa shape index (κ3) is 4.00. The second-order valence-corrected chi connectivity index (χ2v) is 6.01. The Hall–Kier alpha value is -3.95. The van der Waals surface area contributed by atoms with Crippen LogP contribution >= 0.6 is 0 Å². The van der Waals surface area contributed by atoms with Crippen LogP contribution in [0.1, 0.15) is 5.56 Å². The fourth-order valence-corrected chi connectivity index (χ4v) is 2.69. The Bertz CT molecular complexity index is 1130. The number of methoxy groups -OCH3 is 2. The van der Waals surface area contributed by atoms with Gasteiger partial charge in [-0.2, -0.15) is 0 Å². The van der Waals surface area contributed by atoms with Crippen LogP contribution in [0.3, 0.4) is 0 Å². The van der Waals surface area contributed by atoms with Crippen molar-refractivity contribution in [3.05, 3.63) is 53.8 Å². The van der Waals surface area contributed by atoms with E-state index >= 15 is 0 Å². The van der Waals surface area contributed by atoms with E-state index in [2.05, 4.69) is 30.9 Å². The van der Waals surface area contributed by atoms with E-state index in [-0.39, 0.29) is 17.1 Å². The van der Waals surface area contributed by atoms with Gasteiger partial charge >= 0.3 is 0 Å². The molecule has 0 aliphatic heterocycles. The van der Waals surface area contributed by atoms with Gasteiger partial charge in [0.15, 0.2) is 23.1 Å². The van der Waals surface area contributed by atoms with Gasteiger partial charge in [0.1, 0.15) is 5.82 Å². The summed E-state index contributed by atoms with van der Waals surface area (Å²) >= 11 is 0. The van der Waals surface area contributed by atoms with Crippen molar-refractivity contribution in [2.24, 2.45) is 0 Å². The lowest BCUT2D eigenvalue weighted by molar-refractivity contribution is 0.314. The molecule has 4 rings (SSSR count). The Morgan fingerprint density at radius 1 is 0.897 bits per heavy atom. The average molecular weight is 396 g/mol. The van der Waals surface area contributed by atoms with Gasteiger partial charge in [-0.1, -0.05) is 6.07 Å². The van der Waals surface area contributed by atoms with E-state index in [9.17, 15) is 4.39 Å². The predicted octanol–water partition coefficient (Wildman–Crippen LogP) is 3.52.